The summed E-state index contributed by atoms with van der Waals surface area (Å²) in [5, 5.41) is 0. The molecular formula is C11H20N4. The summed E-state index contributed by atoms with van der Waals surface area (Å²) >= 11 is 0. The van der Waals surface area contributed by atoms with Crippen molar-refractivity contribution < 1.29 is 0 Å². The molecule has 0 radical (unpaired) electrons. The Balaban J connectivity index is 2.05. The Morgan fingerprint density at radius 2 is 2.07 bits per heavy atom. The third-order valence-electron chi connectivity index (χ3n) is 3.11. The van der Waals surface area contributed by atoms with Crippen LogP contribution in [0.1, 0.15) is 26.7 Å². The molecule has 1 saturated heterocycles. The number of nitrogen functional groups attached to an aromatic ring is 1. The predicted octanol–water partition coefficient (Wildman–Crippen LogP) is 1.30. The van der Waals surface area contributed by atoms with Gasteiger partial charge in [0.1, 0.15) is 5.82 Å². The minimum atomic E-state index is 0.0783. The predicted molar refractivity (Wildman–Crippen MR) is 61.6 cm³/mol. The Bertz CT molecular complexity index is 323. The molecule has 2 rings (SSSR count). The summed E-state index contributed by atoms with van der Waals surface area (Å²) in [5.74, 6) is 0.601. The second-order valence-corrected chi connectivity index (χ2v) is 5.00. The lowest BCUT2D eigenvalue weighted by molar-refractivity contribution is 0.211. The quantitative estimate of drug-likeness (QED) is 0.814. The van der Waals surface area contributed by atoms with Gasteiger partial charge in [0.15, 0.2) is 0 Å². The lowest BCUT2D eigenvalue weighted by atomic mass is 10.1. The highest BCUT2D eigenvalue weighted by Crippen LogP contribution is 2.20. The maximum Gasteiger partial charge on any atom is 0.141 e. The van der Waals surface area contributed by atoms with E-state index in [1.165, 1.54) is 25.9 Å². The fourth-order valence-corrected chi connectivity index (χ4v) is 2.24. The number of imidazole rings is 1. The zero-order chi connectivity index (χ0) is 10.9. The molecule has 1 aromatic rings. The van der Waals surface area contributed by atoms with E-state index in [9.17, 15) is 0 Å². The van der Waals surface area contributed by atoms with Crippen molar-refractivity contribution in [1.29, 1.82) is 0 Å². The highest BCUT2D eigenvalue weighted by atomic mass is 15.2. The van der Waals surface area contributed by atoms with Gasteiger partial charge in [-0.15, -0.1) is 0 Å². The summed E-state index contributed by atoms with van der Waals surface area (Å²) in [6.07, 6.45) is 6.41. The number of likely N-dealkylation sites (tertiary alicyclic amines) is 1. The van der Waals surface area contributed by atoms with Gasteiger partial charge in [-0.1, -0.05) is 0 Å². The van der Waals surface area contributed by atoms with Crippen molar-refractivity contribution in [2.45, 2.75) is 32.2 Å². The van der Waals surface area contributed by atoms with Crippen molar-refractivity contribution in [2.75, 3.05) is 25.4 Å². The van der Waals surface area contributed by atoms with E-state index in [1.54, 1.807) is 0 Å². The molecule has 15 heavy (non-hydrogen) atoms. The molecule has 4 heteroatoms. The van der Waals surface area contributed by atoms with Crippen molar-refractivity contribution >= 4 is 5.82 Å². The normalized spacial score (nSPS) is 18.5. The van der Waals surface area contributed by atoms with Gasteiger partial charge >= 0.3 is 0 Å². The number of anilines is 1. The summed E-state index contributed by atoms with van der Waals surface area (Å²) in [4.78, 5) is 6.59. The highest BCUT2D eigenvalue weighted by Gasteiger charge is 2.25. The zero-order valence-corrected chi connectivity index (χ0v) is 9.61. The summed E-state index contributed by atoms with van der Waals surface area (Å²) in [6, 6.07) is 0. The van der Waals surface area contributed by atoms with E-state index >= 15 is 0 Å². The van der Waals surface area contributed by atoms with Crippen LogP contribution in [0.2, 0.25) is 0 Å². The molecule has 0 atom stereocenters. The van der Waals surface area contributed by atoms with Gasteiger partial charge in [-0.25, -0.2) is 4.98 Å². The first-order valence-electron chi connectivity index (χ1n) is 5.60. The van der Waals surface area contributed by atoms with Crippen molar-refractivity contribution in [2.24, 2.45) is 0 Å². The Labute approximate surface area is 91.1 Å². The van der Waals surface area contributed by atoms with Crippen LogP contribution in [0.25, 0.3) is 0 Å². The molecule has 2 heterocycles. The third kappa shape index (κ3) is 2.31. The second-order valence-electron chi connectivity index (χ2n) is 5.00. The number of aromatic nitrogens is 2. The molecule has 0 aromatic carbocycles. The number of hydrogen-bond donors (Lipinski definition) is 1. The van der Waals surface area contributed by atoms with E-state index < -0.39 is 0 Å². The van der Waals surface area contributed by atoms with E-state index in [1.807, 2.05) is 12.5 Å². The van der Waals surface area contributed by atoms with Gasteiger partial charge in [-0.05, 0) is 39.8 Å². The molecule has 0 amide bonds. The number of nitrogens with zero attached hydrogens (tertiary/aromatic N) is 3. The molecule has 84 valence electrons. The van der Waals surface area contributed by atoms with Gasteiger partial charge in [-0.3, -0.25) is 0 Å². The molecule has 4 nitrogen and oxygen atoms in total. The smallest absolute Gasteiger partial charge is 0.141 e. The summed E-state index contributed by atoms with van der Waals surface area (Å²) in [6.45, 7) is 7.99. The molecule has 2 N–H and O–H groups in total. The Morgan fingerprint density at radius 1 is 1.40 bits per heavy atom. The average molecular weight is 208 g/mol. The monoisotopic (exact) mass is 208 g/mol. The molecule has 1 aliphatic heterocycles. The van der Waals surface area contributed by atoms with Crippen LogP contribution in [0.3, 0.4) is 0 Å². The maximum absolute atomic E-state index is 5.64. The van der Waals surface area contributed by atoms with Crippen LogP contribution in [-0.2, 0) is 5.54 Å². The first-order valence-corrected chi connectivity index (χ1v) is 5.60. The lowest BCUT2D eigenvalue weighted by Gasteiger charge is -2.31. The van der Waals surface area contributed by atoms with Crippen molar-refractivity contribution in [3.8, 4) is 0 Å². The van der Waals surface area contributed by atoms with Crippen LogP contribution in [0.4, 0.5) is 5.82 Å². The standard InChI is InChI=1S/C11H20N4/c1-11(2,8-14-5-3-4-6-14)15-7-10(12)13-9-15/h7,9H,3-6,8,12H2,1-2H3. The van der Waals surface area contributed by atoms with Crippen molar-refractivity contribution in [3.63, 3.8) is 0 Å². The van der Waals surface area contributed by atoms with Crippen molar-refractivity contribution in [3.05, 3.63) is 12.5 Å². The largest absolute Gasteiger partial charge is 0.382 e. The second kappa shape index (κ2) is 3.85. The van der Waals surface area contributed by atoms with Crippen molar-refractivity contribution in [1.82, 2.24) is 14.5 Å². The first-order chi connectivity index (χ1) is 7.08. The van der Waals surface area contributed by atoms with Crippen LogP contribution >= 0.6 is 0 Å². The molecule has 1 fully saturated rings. The van der Waals surface area contributed by atoms with Gasteiger partial charge < -0.3 is 15.2 Å². The van der Waals surface area contributed by atoms with E-state index in [2.05, 4.69) is 28.3 Å². The summed E-state index contributed by atoms with van der Waals surface area (Å²) in [5.41, 5.74) is 5.72. The highest BCUT2D eigenvalue weighted by molar-refractivity contribution is 5.23. The molecule has 0 unspecified atom stereocenters. The Morgan fingerprint density at radius 3 is 2.60 bits per heavy atom. The lowest BCUT2D eigenvalue weighted by Crippen LogP contribution is -2.39. The van der Waals surface area contributed by atoms with Gasteiger partial charge in [0, 0.05) is 12.7 Å². The summed E-state index contributed by atoms with van der Waals surface area (Å²) < 4.78 is 2.11. The van der Waals surface area contributed by atoms with Crippen LogP contribution in [0, 0.1) is 0 Å². The van der Waals surface area contributed by atoms with Crippen LogP contribution in [0.15, 0.2) is 12.5 Å². The number of hydrogen-bond acceptors (Lipinski definition) is 3. The van der Waals surface area contributed by atoms with Crippen LogP contribution < -0.4 is 5.73 Å². The zero-order valence-electron chi connectivity index (χ0n) is 9.61. The summed E-state index contributed by atoms with van der Waals surface area (Å²) in [7, 11) is 0. The molecule has 1 aliphatic rings. The minimum absolute atomic E-state index is 0.0783. The molecule has 0 aliphatic carbocycles. The van der Waals surface area contributed by atoms with Gasteiger partial charge in [0.25, 0.3) is 0 Å². The van der Waals surface area contributed by atoms with E-state index in [0.717, 1.165) is 6.54 Å². The Kier molecular flexibility index (Phi) is 2.69. The SMILES string of the molecule is CC(C)(CN1CCCC1)n1cnc(N)c1. The topological polar surface area (TPSA) is 47.1 Å². The van der Waals surface area contributed by atoms with Gasteiger partial charge in [0.05, 0.1) is 11.9 Å². The number of rotatable bonds is 3. The first kappa shape index (κ1) is 10.5. The van der Waals surface area contributed by atoms with Gasteiger partial charge in [0.2, 0.25) is 0 Å². The molecule has 0 spiro atoms. The van der Waals surface area contributed by atoms with Crippen LogP contribution in [0.5, 0.6) is 0 Å². The number of nitrogens with two attached hydrogens (primary N) is 1. The molecule has 1 aromatic heterocycles. The van der Waals surface area contributed by atoms with Crippen LogP contribution in [-0.4, -0.2) is 34.1 Å². The third-order valence-corrected chi connectivity index (χ3v) is 3.11. The molecular weight excluding hydrogens is 188 g/mol. The van der Waals surface area contributed by atoms with E-state index in [0.29, 0.717) is 5.82 Å². The molecule has 0 bridgehead atoms. The fraction of sp³-hybridized carbons (Fsp3) is 0.727. The minimum Gasteiger partial charge on any atom is -0.382 e. The Hall–Kier alpha value is -1.03. The van der Waals surface area contributed by atoms with E-state index in [4.69, 9.17) is 5.73 Å². The maximum atomic E-state index is 5.64. The molecule has 0 saturated carbocycles. The fourth-order valence-electron chi connectivity index (χ4n) is 2.24. The van der Waals surface area contributed by atoms with Gasteiger partial charge in [-0.2, -0.15) is 0 Å². The average Bonchev–Trinajstić information content (AvgIpc) is 2.75. The van der Waals surface area contributed by atoms with E-state index in [-0.39, 0.29) is 5.54 Å².